The number of unbranched alkanes of at least 4 members (excludes halogenated alkanes) is 1. The third-order valence-corrected chi connectivity index (χ3v) is 13.2. The third-order valence-electron chi connectivity index (χ3n) is 4.35. The number of carbonyl (C=O) groups excluding carboxylic acids is 6. The van der Waals surface area contributed by atoms with Gasteiger partial charge in [-0.1, -0.05) is 0 Å². The molecule has 0 amide bonds. The number of ether oxygens (including phenoxy) is 3. The van der Waals surface area contributed by atoms with Gasteiger partial charge in [-0.25, -0.2) is 0 Å². The SMILES string of the molecule is CCCC[O][Zr]([CH2]C(=O)OC(=O)CCC)([CH2]C(=O)OC(=O)CCC)[CH2]C(=O)OC(=O)CCC. The molecule has 0 N–H and O–H groups in total. The van der Waals surface area contributed by atoms with Crippen LogP contribution in [0.5, 0.6) is 0 Å². The zero-order chi connectivity index (χ0) is 25.3. The average molecular weight is 552 g/mol. The van der Waals surface area contributed by atoms with Crippen LogP contribution in [0.2, 0.25) is 12.4 Å². The van der Waals surface area contributed by atoms with Crippen molar-refractivity contribution in [2.45, 2.75) is 91.4 Å². The summed E-state index contributed by atoms with van der Waals surface area (Å²) in [6.45, 7) is 7.31. The van der Waals surface area contributed by atoms with E-state index in [-0.39, 0.29) is 25.9 Å². The predicted octanol–water partition coefficient (Wildman–Crippen LogP) is 3.74. The molecule has 0 aromatic heterocycles. The van der Waals surface area contributed by atoms with E-state index in [0.717, 1.165) is 6.42 Å². The Labute approximate surface area is 200 Å². The van der Waals surface area contributed by atoms with Gasteiger partial charge in [0.1, 0.15) is 0 Å². The first-order chi connectivity index (χ1) is 15.6. The van der Waals surface area contributed by atoms with Crippen molar-refractivity contribution in [1.82, 2.24) is 0 Å². The van der Waals surface area contributed by atoms with Crippen molar-refractivity contribution >= 4 is 35.8 Å². The summed E-state index contributed by atoms with van der Waals surface area (Å²) in [6, 6.07) is 0. The van der Waals surface area contributed by atoms with Crippen molar-refractivity contribution in [3.05, 3.63) is 0 Å². The first kappa shape index (κ1) is 31.3. The Kier molecular flexibility index (Phi) is 16.8. The molecule has 0 saturated carbocycles. The zero-order valence-corrected chi connectivity index (χ0v) is 22.5. The van der Waals surface area contributed by atoms with Crippen LogP contribution in [0.15, 0.2) is 0 Å². The molecule has 33 heavy (non-hydrogen) atoms. The molecule has 0 atom stereocenters. The Bertz CT molecular complexity index is 605. The monoisotopic (exact) mass is 550 g/mol. The van der Waals surface area contributed by atoms with Gasteiger partial charge in [0.15, 0.2) is 0 Å². The van der Waals surface area contributed by atoms with Crippen LogP contribution in [-0.4, -0.2) is 42.4 Å². The molecule has 11 heteroatoms. The summed E-state index contributed by atoms with van der Waals surface area (Å²) >= 11 is -4.62. The summed E-state index contributed by atoms with van der Waals surface area (Å²) in [5.41, 5.74) is 0. The van der Waals surface area contributed by atoms with Crippen molar-refractivity contribution in [3.8, 4) is 0 Å². The fourth-order valence-corrected chi connectivity index (χ4v) is 10.3. The molecule has 0 unspecified atom stereocenters. The van der Waals surface area contributed by atoms with Crippen LogP contribution in [0.3, 0.4) is 0 Å². The van der Waals surface area contributed by atoms with E-state index >= 15 is 0 Å². The molecule has 0 aliphatic carbocycles. The average Bonchev–Trinajstić information content (AvgIpc) is 2.67. The molecule has 0 saturated heterocycles. The molecule has 10 nitrogen and oxygen atoms in total. The molecule has 0 aliphatic rings. The second-order valence-corrected chi connectivity index (χ2v) is 16.8. The molecule has 0 aromatic rings. The standard InChI is InChI=1S/3C6H9O3.C4H9O.Zr/c3*1-3-4-6(8)9-5(2)7;1-2-3-4-5;/h3*2-4H2,1H3;2-4H2,1H3;/q;;;-1;+1. The van der Waals surface area contributed by atoms with Gasteiger partial charge in [0.05, 0.1) is 0 Å². The molecule has 0 aliphatic heterocycles. The van der Waals surface area contributed by atoms with Crippen LogP contribution in [0.25, 0.3) is 0 Å². The Morgan fingerprint density at radius 1 is 0.515 bits per heavy atom. The first-order valence-electron chi connectivity index (χ1n) is 11.5. The van der Waals surface area contributed by atoms with Gasteiger partial charge in [0.2, 0.25) is 0 Å². The minimum atomic E-state index is -4.62. The molecular formula is C22H36O10Zr. The van der Waals surface area contributed by atoms with Gasteiger partial charge in [-0.2, -0.15) is 0 Å². The second-order valence-electron chi connectivity index (χ2n) is 7.70. The van der Waals surface area contributed by atoms with Crippen molar-refractivity contribution in [1.29, 1.82) is 0 Å². The van der Waals surface area contributed by atoms with Gasteiger partial charge in [-0.15, -0.1) is 0 Å². The van der Waals surface area contributed by atoms with Crippen molar-refractivity contribution in [2.24, 2.45) is 0 Å². The Balaban J connectivity index is 5.75. The molecular weight excluding hydrogens is 515 g/mol. The fourth-order valence-electron chi connectivity index (χ4n) is 2.82. The first-order valence-corrected chi connectivity index (χ1v) is 17.7. The van der Waals surface area contributed by atoms with Crippen LogP contribution in [-0.2, 0) is 66.5 Å². The van der Waals surface area contributed by atoms with Crippen LogP contribution in [0.1, 0.15) is 79.1 Å². The number of carbonyl (C=O) groups is 6. The summed E-state index contributed by atoms with van der Waals surface area (Å²) in [7, 11) is 0. The van der Waals surface area contributed by atoms with E-state index < -0.39 is 68.9 Å². The molecule has 0 spiro atoms. The normalized spacial score (nSPS) is 10.9. The molecule has 0 radical (unpaired) electrons. The van der Waals surface area contributed by atoms with Crippen molar-refractivity contribution < 1.29 is 66.5 Å². The van der Waals surface area contributed by atoms with Crippen molar-refractivity contribution in [3.63, 3.8) is 0 Å². The number of rotatable bonds is 16. The summed E-state index contributed by atoms with van der Waals surface area (Å²) in [6.07, 6.45) is 2.88. The number of hydrogen-bond acceptors (Lipinski definition) is 10. The van der Waals surface area contributed by atoms with Crippen LogP contribution < -0.4 is 0 Å². The van der Waals surface area contributed by atoms with E-state index in [4.69, 9.17) is 17.0 Å². The molecule has 0 heterocycles. The summed E-state index contributed by atoms with van der Waals surface area (Å²) in [5, 5.41) is 0. The van der Waals surface area contributed by atoms with Gasteiger partial charge < -0.3 is 0 Å². The quantitative estimate of drug-likeness (QED) is 0.121. The van der Waals surface area contributed by atoms with Gasteiger partial charge >= 0.3 is 200 Å². The zero-order valence-electron chi connectivity index (χ0n) is 20.1. The van der Waals surface area contributed by atoms with E-state index in [1.54, 1.807) is 20.8 Å². The van der Waals surface area contributed by atoms with Crippen LogP contribution in [0.4, 0.5) is 0 Å². The summed E-state index contributed by atoms with van der Waals surface area (Å²) < 4.78 is 19.1. The van der Waals surface area contributed by atoms with Crippen LogP contribution in [0, 0.1) is 0 Å². The fraction of sp³-hybridized carbons (Fsp3) is 0.727. The predicted molar refractivity (Wildman–Crippen MR) is 113 cm³/mol. The third kappa shape index (κ3) is 14.9. The molecule has 0 fully saturated rings. The topological polar surface area (TPSA) is 139 Å². The number of esters is 6. The van der Waals surface area contributed by atoms with Gasteiger partial charge in [0, 0.05) is 0 Å². The number of hydrogen-bond donors (Lipinski definition) is 0. The maximum absolute atomic E-state index is 12.5. The van der Waals surface area contributed by atoms with Gasteiger partial charge in [-0.3, -0.25) is 0 Å². The summed E-state index contributed by atoms with van der Waals surface area (Å²) in [4.78, 5) is 72.7. The van der Waals surface area contributed by atoms with E-state index in [1.165, 1.54) is 0 Å². The molecule has 188 valence electrons. The van der Waals surface area contributed by atoms with Gasteiger partial charge in [0.25, 0.3) is 0 Å². The summed E-state index contributed by atoms with van der Waals surface area (Å²) in [5.74, 6) is -4.92. The molecule has 0 aromatic carbocycles. The van der Waals surface area contributed by atoms with E-state index in [0.29, 0.717) is 25.7 Å². The van der Waals surface area contributed by atoms with E-state index in [2.05, 4.69) is 0 Å². The van der Waals surface area contributed by atoms with E-state index in [1.807, 2.05) is 6.92 Å². The Morgan fingerprint density at radius 3 is 1.12 bits per heavy atom. The molecule has 0 rings (SSSR count). The second kappa shape index (κ2) is 17.7. The Hall–Kier alpha value is -1.74. The van der Waals surface area contributed by atoms with Crippen LogP contribution >= 0.6 is 0 Å². The van der Waals surface area contributed by atoms with Crippen molar-refractivity contribution in [2.75, 3.05) is 6.61 Å². The maximum atomic E-state index is 12.5. The molecule has 0 bridgehead atoms. The minimum absolute atomic E-state index is 0.0338. The Morgan fingerprint density at radius 2 is 0.848 bits per heavy atom. The van der Waals surface area contributed by atoms with E-state index in [9.17, 15) is 28.8 Å². The van der Waals surface area contributed by atoms with Gasteiger partial charge in [-0.05, 0) is 0 Å².